The van der Waals surface area contributed by atoms with Gasteiger partial charge in [-0.1, -0.05) is 12.1 Å². The van der Waals surface area contributed by atoms with Crippen LogP contribution in [0, 0.1) is 5.82 Å². The summed E-state index contributed by atoms with van der Waals surface area (Å²) in [4.78, 5) is 6.16. The molecule has 168 valence electrons. The van der Waals surface area contributed by atoms with Crippen LogP contribution in [-0.2, 0) is 10.2 Å². The van der Waals surface area contributed by atoms with Gasteiger partial charge < -0.3 is 15.4 Å². The molecule has 1 aromatic carbocycles. The molecule has 0 aliphatic carbocycles. The SMILES string of the molecule is CCNC(=NCC1(c2cccc(F)c2)CCOCC1)NC1CCN(CC(F)(F)F)C1. The highest BCUT2D eigenvalue weighted by molar-refractivity contribution is 5.80. The van der Waals surface area contributed by atoms with Gasteiger partial charge in [-0.2, -0.15) is 13.2 Å². The molecule has 2 N–H and O–H groups in total. The van der Waals surface area contributed by atoms with Gasteiger partial charge in [0.25, 0.3) is 0 Å². The maximum atomic E-state index is 13.9. The Labute approximate surface area is 174 Å². The Hall–Kier alpha value is -1.87. The number of hydrogen-bond acceptors (Lipinski definition) is 3. The molecule has 2 aliphatic rings. The zero-order valence-electron chi connectivity index (χ0n) is 17.3. The van der Waals surface area contributed by atoms with Crippen molar-refractivity contribution in [2.45, 2.75) is 43.8 Å². The molecule has 2 saturated heterocycles. The van der Waals surface area contributed by atoms with Gasteiger partial charge >= 0.3 is 6.18 Å². The molecule has 0 spiro atoms. The molecule has 0 aromatic heterocycles. The van der Waals surface area contributed by atoms with Crippen LogP contribution in [0.25, 0.3) is 0 Å². The number of hydrogen-bond donors (Lipinski definition) is 2. The monoisotopic (exact) mass is 430 g/mol. The molecular formula is C21H30F4N4O. The van der Waals surface area contributed by atoms with E-state index in [1.807, 2.05) is 13.0 Å². The first-order valence-electron chi connectivity index (χ1n) is 10.5. The van der Waals surface area contributed by atoms with E-state index in [0.717, 1.165) is 18.4 Å². The van der Waals surface area contributed by atoms with Gasteiger partial charge in [-0.25, -0.2) is 4.39 Å². The lowest BCUT2D eigenvalue weighted by Crippen LogP contribution is -2.46. The molecule has 2 fully saturated rings. The lowest BCUT2D eigenvalue weighted by Gasteiger charge is -2.36. The van der Waals surface area contributed by atoms with Crippen LogP contribution in [-0.4, -0.2) is 69.0 Å². The summed E-state index contributed by atoms with van der Waals surface area (Å²) in [6, 6.07) is 6.54. The molecule has 2 heterocycles. The van der Waals surface area contributed by atoms with Crippen LogP contribution in [0.1, 0.15) is 31.7 Å². The topological polar surface area (TPSA) is 48.9 Å². The number of guanidine groups is 1. The van der Waals surface area contributed by atoms with Crippen molar-refractivity contribution in [3.63, 3.8) is 0 Å². The van der Waals surface area contributed by atoms with E-state index >= 15 is 0 Å². The van der Waals surface area contributed by atoms with Gasteiger partial charge in [0.1, 0.15) is 5.82 Å². The van der Waals surface area contributed by atoms with E-state index in [4.69, 9.17) is 9.73 Å². The molecule has 2 aliphatic heterocycles. The molecule has 0 bridgehead atoms. The Kier molecular flexibility index (Phi) is 7.57. The minimum atomic E-state index is -4.19. The first-order valence-corrected chi connectivity index (χ1v) is 10.5. The maximum Gasteiger partial charge on any atom is 0.401 e. The van der Waals surface area contributed by atoms with Crippen LogP contribution < -0.4 is 10.6 Å². The average molecular weight is 430 g/mol. The van der Waals surface area contributed by atoms with E-state index < -0.39 is 12.7 Å². The third-order valence-corrected chi connectivity index (χ3v) is 5.79. The zero-order valence-corrected chi connectivity index (χ0v) is 17.3. The fraction of sp³-hybridized carbons (Fsp3) is 0.667. The van der Waals surface area contributed by atoms with Crippen LogP contribution in [0.5, 0.6) is 0 Å². The van der Waals surface area contributed by atoms with Crippen molar-refractivity contribution in [2.24, 2.45) is 4.99 Å². The van der Waals surface area contributed by atoms with Crippen molar-refractivity contribution in [3.8, 4) is 0 Å². The van der Waals surface area contributed by atoms with Gasteiger partial charge in [-0.3, -0.25) is 9.89 Å². The van der Waals surface area contributed by atoms with Crippen molar-refractivity contribution in [1.82, 2.24) is 15.5 Å². The van der Waals surface area contributed by atoms with Crippen LogP contribution >= 0.6 is 0 Å². The maximum absolute atomic E-state index is 13.9. The summed E-state index contributed by atoms with van der Waals surface area (Å²) in [6.45, 7) is 4.05. The molecule has 5 nitrogen and oxygen atoms in total. The quantitative estimate of drug-likeness (QED) is 0.414. The first kappa shape index (κ1) is 22.8. The summed E-state index contributed by atoms with van der Waals surface area (Å²) in [5, 5.41) is 6.46. The second-order valence-electron chi connectivity index (χ2n) is 8.08. The van der Waals surface area contributed by atoms with E-state index in [-0.39, 0.29) is 17.3 Å². The van der Waals surface area contributed by atoms with Gasteiger partial charge in [0, 0.05) is 44.3 Å². The normalized spacial score (nSPS) is 22.8. The lowest BCUT2D eigenvalue weighted by molar-refractivity contribution is -0.143. The molecule has 30 heavy (non-hydrogen) atoms. The molecule has 9 heteroatoms. The number of benzene rings is 1. The predicted molar refractivity (Wildman–Crippen MR) is 108 cm³/mol. The number of likely N-dealkylation sites (tertiary alicyclic amines) is 1. The summed E-state index contributed by atoms with van der Waals surface area (Å²) in [7, 11) is 0. The van der Waals surface area contributed by atoms with Gasteiger partial charge in [-0.15, -0.1) is 0 Å². The summed E-state index contributed by atoms with van der Waals surface area (Å²) in [6.07, 6.45) is -2.08. The van der Waals surface area contributed by atoms with E-state index in [1.165, 1.54) is 11.0 Å². The van der Waals surface area contributed by atoms with Gasteiger partial charge in [0.2, 0.25) is 0 Å². The minimum absolute atomic E-state index is 0.0926. The van der Waals surface area contributed by atoms with Crippen LogP contribution in [0.3, 0.4) is 0 Å². The molecule has 3 rings (SSSR count). The second kappa shape index (κ2) is 9.96. The molecule has 1 atom stereocenters. The fourth-order valence-corrected chi connectivity index (χ4v) is 4.21. The first-order chi connectivity index (χ1) is 14.3. The summed E-state index contributed by atoms with van der Waals surface area (Å²) < 4.78 is 57.3. The number of nitrogens with one attached hydrogen (secondary N) is 2. The Balaban J connectivity index is 1.69. The Morgan fingerprint density at radius 1 is 1.30 bits per heavy atom. The van der Waals surface area contributed by atoms with Crippen molar-refractivity contribution < 1.29 is 22.3 Å². The third kappa shape index (κ3) is 6.31. The predicted octanol–water partition coefficient (Wildman–Crippen LogP) is 3.07. The van der Waals surface area contributed by atoms with Crippen LogP contribution in [0.15, 0.2) is 29.3 Å². The number of aliphatic imine (C=N–C) groups is 1. The molecule has 0 radical (unpaired) electrons. The van der Waals surface area contributed by atoms with E-state index in [2.05, 4.69) is 10.6 Å². The molecule has 0 amide bonds. The Morgan fingerprint density at radius 2 is 2.07 bits per heavy atom. The molecule has 1 unspecified atom stereocenters. The largest absolute Gasteiger partial charge is 0.401 e. The Bertz CT molecular complexity index is 719. The summed E-state index contributed by atoms with van der Waals surface area (Å²) in [5.74, 6) is 0.307. The standard InChI is InChI=1S/C21H30F4N4O/c1-2-26-19(28-18-6-9-29(13-18)15-21(23,24)25)27-14-20(7-10-30-11-8-20)16-4-3-5-17(22)12-16/h3-5,12,18H,2,6-11,13-15H2,1H3,(H2,26,27,28). The summed E-state index contributed by atoms with van der Waals surface area (Å²) in [5.41, 5.74) is 0.586. The van der Waals surface area contributed by atoms with Crippen LogP contribution in [0.4, 0.5) is 17.6 Å². The van der Waals surface area contributed by atoms with E-state index in [1.54, 1.807) is 12.1 Å². The number of nitrogens with zero attached hydrogens (tertiary/aromatic N) is 2. The van der Waals surface area contributed by atoms with Gasteiger partial charge in [-0.05, 0) is 43.9 Å². The van der Waals surface area contributed by atoms with Crippen LogP contribution in [0.2, 0.25) is 0 Å². The van der Waals surface area contributed by atoms with Gasteiger partial charge in [0.15, 0.2) is 5.96 Å². The van der Waals surface area contributed by atoms with Crippen molar-refractivity contribution >= 4 is 5.96 Å². The average Bonchev–Trinajstić information content (AvgIpc) is 3.12. The zero-order chi connectivity index (χ0) is 21.6. The van der Waals surface area contributed by atoms with Crippen molar-refractivity contribution in [1.29, 1.82) is 0 Å². The molecular weight excluding hydrogens is 400 g/mol. The van der Waals surface area contributed by atoms with Crippen molar-refractivity contribution in [2.75, 3.05) is 45.9 Å². The van der Waals surface area contributed by atoms with E-state index in [9.17, 15) is 17.6 Å². The van der Waals surface area contributed by atoms with E-state index in [0.29, 0.717) is 51.8 Å². The number of halogens is 4. The minimum Gasteiger partial charge on any atom is -0.381 e. The smallest absolute Gasteiger partial charge is 0.381 e. The molecule has 0 saturated carbocycles. The highest BCUT2D eigenvalue weighted by atomic mass is 19.4. The highest BCUT2D eigenvalue weighted by Crippen LogP contribution is 2.35. The van der Waals surface area contributed by atoms with Gasteiger partial charge in [0.05, 0.1) is 13.1 Å². The number of ether oxygens (including phenoxy) is 1. The Morgan fingerprint density at radius 3 is 2.73 bits per heavy atom. The molecule has 1 aromatic rings. The number of alkyl halides is 3. The summed E-state index contributed by atoms with van der Waals surface area (Å²) >= 11 is 0. The van der Waals surface area contributed by atoms with Crippen molar-refractivity contribution in [3.05, 3.63) is 35.6 Å². The second-order valence-corrected chi connectivity index (χ2v) is 8.08. The third-order valence-electron chi connectivity index (χ3n) is 5.79. The fourth-order valence-electron chi connectivity index (χ4n) is 4.21. The number of rotatable bonds is 6. The highest BCUT2D eigenvalue weighted by Gasteiger charge is 2.36. The lowest BCUT2D eigenvalue weighted by atomic mass is 9.74.